The summed E-state index contributed by atoms with van der Waals surface area (Å²) in [5.74, 6) is 1.59. The molecule has 0 atom stereocenters. The summed E-state index contributed by atoms with van der Waals surface area (Å²) in [7, 11) is 0. The second-order valence-corrected chi connectivity index (χ2v) is 9.20. The zero-order chi connectivity index (χ0) is 21.9. The molecule has 4 aromatic rings. The number of hydrogen-bond acceptors (Lipinski definition) is 7. The van der Waals surface area contributed by atoms with E-state index in [-0.39, 0.29) is 6.10 Å². The van der Waals surface area contributed by atoms with Crippen molar-refractivity contribution in [2.24, 2.45) is 0 Å². The van der Waals surface area contributed by atoms with Crippen molar-refractivity contribution in [2.75, 3.05) is 31.1 Å². The minimum Gasteiger partial charge on any atom is -0.475 e. The van der Waals surface area contributed by atoms with Crippen LogP contribution in [0.25, 0.3) is 22.2 Å². The lowest BCUT2D eigenvalue weighted by molar-refractivity contribution is 0.233. The number of hydrogen-bond donors (Lipinski definition) is 1. The van der Waals surface area contributed by atoms with Crippen LogP contribution in [0.15, 0.2) is 65.8 Å². The summed E-state index contributed by atoms with van der Waals surface area (Å²) < 4.78 is 8.19. The van der Waals surface area contributed by atoms with Crippen LogP contribution >= 0.6 is 11.9 Å². The van der Waals surface area contributed by atoms with Gasteiger partial charge in [0.25, 0.3) is 0 Å². The molecule has 0 unspecified atom stereocenters. The molecule has 7 nitrogen and oxygen atoms in total. The number of rotatable bonds is 6. The topological polar surface area (TPSA) is 70.2 Å². The van der Waals surface area contributed by atoms with Gasteiger partial charge in [-0.15, -0.1) is 0 Å². The number of nitrogens with one attached hydrogen (secondary N) is 1. The van der Waals surface area contributed by atoms with Gasteiger partial charge in [-0.1, -0.05) is 18.2 Å². The van der Waals surface area contributed by atoms with Crippen LogP contribution in [0.5, 0.6) is 5.88 Å². The Bertz CT molecular complexity index is 1190. The Morgan fingerprint density at radius 1 is 1.00 bits per heavy atom. The molecule has 1 aliphatic rings. The number of aromatic nitrogens is 4. The zero-order valence-electron chi connectivity index (χ0n) is 18.2. The van der Waals surface area contributed by atoms with Crippen molar-refractivity contribution < 1.29 is 4.74 Å². The van der Waals surface area contributed by atoms with Crippen LogP contribution in [0.4, 0.5) is 5.82 Å². The molecule has 4 heterocycles. The molecule has 164 valence electrons. The van der Waals surface area contributed by atoms with Crippen LogP contribution in [-0.4, -0.2) is 56.8 Å². The standard InChI is InChI=1S/C24H26N6OS/c1-17(2)31-23-15-20-21(16-26-23)27-28-24(20)18-8-9-25-22(14-18)29-10-12-30(13-11-29)32-19-6-4-3-5-7-19/h3-9,14-17H,10-13H2,1-2H3,(H,27,28). The van der Waals surface area contributed by atoms with Crippen molar-refractivity contribution in [1.82, 2.24) is 24.5 Å². The second kappa shape index (κ2) is 9.18. The molecule has 0 radical (unpaired) electrons. The highest BCUT2D eigenvalue weighted by Gasteiger charge is 2.20. The van der Waals surface area contributed by atoms with Crippen molar-refractivity contribution in [3.8, 4) is 17.1 Å². The molecule has 1 aromatic carbocycles. The van der Waals surface area contributed by atoms with Gasteiger partial charge in [-0.25, -0.2) is 14.3 Å². The van der Waals surface area contributed by atoms with E-state index >= 15 is 0 Å². The Morgan fingerprint density at radius 3 is 2.59 bits per heavy atom. The van der Waals surface area contributed by atoms with E-state index in [0.29, 0.717) is 5.88 Å². The number of anilines is 1. The summed E-state index contributed by atoms with van der Waals surface area (Å²) in [4.78, 5) is 12.6. The van der Waals surface area contributed by atoms with Crippen molar-refractivity contribution in [3.63, 3.8) is 0 Å². The van der Waals surface area contributed by atoms with E-state index in [0.717, 1.165) is 54.2 Å². The molecule has 1 fully saturated rings. The first-order valence-corrected chi connectivity index (χ1v) is 11.6. The van der Waals surface area contributed by atoms with Crippen LogP contribution in [0.1, 0.15) is 13.8 Å². The van der Waals surface area contributed by atoms with E-state index in [2.05, 4.69) is 65.8 Å². The van der Waals surface area contributed by atoms with E-state index in [1.54, 1.807) is 6.20 Å². The first-order chi connectivity index (χ1) is 15.7. The number of H-pyrrole nitrogens is 1. The van der Waals surface area contributed by atoms with Crippen LogP contribution in [0.2, 0.25) is 0 Å². The fourth-order valence-electron chi connectivity index (χ4n) is 3.80. The van der Waals surface area contributed by atoms with Gasteiger partial charge in [-0.3, -0.25) is 5.10 Å². The average molecular weight is 447 g/mol. The maximum absolute atomic E-state index is 5.77. The number of benzene rings is 1. The third kappa shape index (κ3) is 4.56. The maximum Gasteiger partial charge on any atom is 0.214 e. The van der Waals surface area contributed by atoms with Gasteiger partial charge in [-0.2, -0.15) is 5.10 Å². The number of fused-ring (bicyclic) bond motifs is 1. The SMILES string of the molecule is CC(C)Oc1cc2c(-c3ccnc(N4CCN(Sc5ccccc5)CC4)c3)n[nH]c2cn1. The van der Waals surface area contributed by atoms with E-state index in [1.807, 2.05) is 44.1 Å². The lowest BCUT2D eigenvalue weighted by Crippen LogP contribution is -2.43. The molecule has 0 aliphatic carbocycles. The summed E-state index contributed by atoms with van der Waals surface area (Å²) in [6, 6.07) is 16.6. The number of ether oxygens (including phenoxy) is 1. The zero-order valence-corrected chi connectivity index (χ0v) is 19.0. The summed E-state index contributed by atoms with van der Waals surface area (Å²) in [5.41, 5.74) is 2.81. The molecule has 5 rings (SSSR count). The van der Waals surface area contributed by atoms with Gasteiger partial charge in [0, 0.05) is 54.3 Å². The van der Waals surface area contributed by atoms with Crippen molar-refractivity contribution in [3.05, 3.63) is 60.9 Å². The van der Waals surface area contributed by atoms with Gasteiger partial charge in [-0.05, 0) is 50.1 Å². The third-order valence-corrected chi connectivity index (χ3v) is 6.44. The third-order valence-electron chi connectivity index (χ3n) is 5.34. The fraction of sp³-hybridized carbons (Fsp3) is 0.292. The second-order valence-electron chi connectivity index (χ2n) is 8.03. The minimum atomic E-state index is 0.0709. The van der Waals surface area contributed by atoms with Gasteiger partial charge >= 0.3 is 0 Å². The molecule has 0 amide bonds. The highest BCUT2D eigenvalue weighted by molar-refractivity contribution is 7.97. The van der Waals surface area contributed by atoms with Crippen molar-refractivity contribution >= 4 is 28.7 Å². The van der Waals surface area contributed by atoms with Gasteiger partial charge in [0.15, 0.2) is 0 Å². The first-order valence-electron chi connectivity index (χ1n) is 10.9. The molecule has 1 aliphatic heterocycles. The molecule has 0 spiro atoms. The Morgan fingerprint density at radius 2 is 1.81 bits per heavy atom. The van der Waals surface area contributed by atoms with Crippen LogP contribution in [0, 0.1) is 0 Å². The number of piperazine rings is 1. The normalized spacial score (nSPS) is 14.9. The average Bonchev–Trinajstić information content (AvgIpc) is 3.23. The number of pyridine rings is 2. The Labute approximate surface area is 192 Å². The first kappa shape index (κ1) is 20.8. The Balaban J connectivity index is 1.32. The summed E-state index contributed by atoms with van der Waals surface area (Å²) in [5, 5.41) is 8.63. The summed E-state index contributed by atoms with van der Waals surface area (Å²) in [6.07, 6.45) is 3.71. The molecule has 3 aromatic heterocycles. The van der Waals surface area contributed by atoms with Crippen LogP contribution in [-0.2, 0) is 0 Å². The predicted molar refractivity (Wildman–Crippen MR) is 129 cm³/mol. The van der Waals surface area contributed by atoms with Gasteiger partial charge in [0.1, 0.15) is 11.5 Å². The lowest BCUT2D eigenvalue weighted by Gasteiger charge is -2.34. The lowest BCUT2D eigenvalue weighted by atomic mass is 10.1. The molecular weight excluding hydrogens is 420 g/mol. The smallest absolute Gasteiger partial charge is 0.214 e. The van der Waals surface area contributed by atoms with Gasteiger partial charge in [0.2, 0.25) is 5.88 Å². The van der Waals surface area contributed by atoms with Gasteiger partial charge < -0.3 is 9.64 Å². The van der Waals surface area contributed by atoms with E-state index in [9.17, 15) is 0 Å². The summed E-state index contributed by atoms with van der Waals surface area (Å²) >= 11 is 1.82. The minimum absolute atomic E-state index is 0.0709. The van der Waals surface area contributed by atoms with Gasteiger partial charge in [0.05, 0.1) is 17.8 Å². The molecule has 0 bridgehead atoms. The molecule has 1 N–H and O–H groups in total. The van der Waals surface area contributed by atoms with E-state index in [1.165, 1.54) is 4.90 Å². The maximum atomic E-state index is 5.77. The fourth-order valence-corrected chi connectivity index (χ4v) is 4.72. The summed E-state index contributed by atoms with van der Waals surface area (Å²) in [6.45, 7) is 7.84. The Hall–Kier alpha value is -3.10. The number of nitrogens with zero attached hydrogens (tertiary/aromatic N) is 5. The monoisotopic (exact) mass is 446 g/mol. The van der Waals surface area contributed by atoms with E-state index < -0.39 is 0 Å². The highest BCUT2D eigenvalue weighted by Crippen LogP contribution is 2.31. The molecule has 0 saturated carbocycles. The molecule has 1 saturated heterocycles. The predicted octanol–water partition coefficient (Wildman–Crippen LogP) is 4.64. The quantitative estimate of drug-likeness (QED) is 0.433. The van der Waals surface area contributed by atoms with Crippen LogP contribution in [0.3, 0.4) is 0 Å². The molecular formula is C24H26N6OS. The van der Waals surface area contributed by atoms with Crippen LogP contribution < -0.4 is 9.64 Å². The van der Waals surface area contributed by atoms with E-state index in [4.69, 9.17) is 4.74 Å². The highest BCUT2D eigenvalue weighted by atomic mass is 32.2. The van der Waals surface area contributed by atoms with Crippen molar-refractivity contribution in [1.29, 1.82) is 0 Å². The Kier molecular flexibility index (Phi) is 5.96. The molecule has 32 heavy (non-hydrogen) atoms. The van der Waals surface area contributed by atoms with Crippen molar-refractivity contribution in [2.45, 2.75) is 24.8 Å². The molecule has 8 heteroatoms. The number of aromatic amines is 1. The largest absolute Gasteiger partial charge is 0.475 e.